The van der Waals surface area contributed by atoms with Crippen LogP contribution in [0.2, 0.25) is 0 Å². The molecule has 121 heavy (non-hydrogen) atoms. The average molecular weight is 1700 g/mol. The maximum atomic E-state index is 5.60. The summed E-state index contributed by atoms with van der Waals surface area (Å²) >= 11 is 0. The minimum Gasteiger partial charge on any atom is -0.381 e. The van der Waals surface area contributed by atoms with E-state index in [1.165, 1.54) is 438 Å². The van der Waals surface area contributed by atoms with Crippen molar-refractivity contribution in [1.82, 2.24) is 59.1 Å². The fourth-order valence-electron chi connectivity index (χ4n) is 17.9. The monoisotopic (exact) mass is 1700 g/mol. The van der Waals surface area contributed by atoms with E-state index in [2.05, 4.69) is 232 Å². The minimum atomic E-state index is 0.287. The van der Waals surface area contributed by atoms with Crippen LogP contribution < -0.4 is 0 Å². The van der Waals surface area contributed by atoms with E-state index >= 15 is 0 Å². The topological polar surface area (TPSA) is 80.4 Å². The zero-order valence-corrected chi connectivity index (χ0v) is 86.4. The number of piperazine rings is 1. The van der Waals surface area contributed by atoms with Crippen molar-refractivity contribution in [2.45, 2.75) is 491 Å². The van der Waals surface area contributed by atoms with Crippen LogP contribution in [0.4, 0.5) is 0 Å². The predicted octanol–water partition coefficient (Wildman–Crippen LogP) is 28.5. The van der Waals surface area contributed by atoms with Gasteiger partial charge in [-0.3, -0.25) is 14.3 Å². The number of likely N-dealkylation sites (tertiary alicyclic amines) is 5. The van der Waals surface area contributed by atoms with Crippen LogP contribution in [0.5, 0.6) is 0 Å². The second-order valence-corrected chi connectivity index (χ2v) is 47.9. The summed E-state index contributed by atoms with van der Waals surface area (Å²) in [5.74, 6) is 0. The molecule has 0 aromatic carbocycles. The number of ether oxygens (including phenoxy) is 1. The number of rotatable bonds is 44. The van der Waals surface area contributed by atoms with Crippen LogP contribution in [0.25, 0.3) is 0 Å². The Hall–Kier alpha value is -1.97. The van der Waals surface area contributed by atoms with Gasteiger partial charge in [-0.1, -0.05) is 279 Å². The van der Waals surface area contributed by atoms with Crippen molar-refractivity contribution in [2.75, 3.05) is 144 Å². The van der Waals surface area contributed by atoms with Gasteiger partial charge in [-0.2, -0.15) is 5.10 Å². The molecule has 1 saturated carbocycles. The van der Waals surface area contributed by atoms with E-state index in [1.54, 1.807) is 0 Å². The molecule has 13 heteroatoms. The molecule has 6 aliphatic heterocycles. The van der Waals surface area contributed by atoms with Crippen molar-refractivity contribution in [3.05, 3.63) is 29.8 Å². The van der Waals surface area contributed by atoms with E-state index in [9.17, 15) is 0 Å². The first-order chi connectivity index (χ1) is 57.3. The molecule has 1 aliphatic carbocycles. The van der Waals surface area contributed by atoms with Gasteiger partial charge in [0.05, 0.1) is 11.9 Å². The van der Waals surface area contributed by atoms with Gasteiger partial charge in [0.1, 0.15) is 0 Å². The van der Waals surface area contributed by atoms with Crippen molar-refractivity contribution in [3.63, 3.8) is 0 Å². The Morgan fingerprint density at radius 3 is 0.901 bits per heavy atom. The van der Waals surface area contributed by atoms with E-state index in [-0.39, 0.29) is 5.41 Å². The van der Waals surface area contributed by atoms with Gasteiger partial charge in [0.25, 0.3) is 0 Å². The molecule has 0 amide bonds. The fraction of sp³-hybridized carbons (Fsp3) is 0.954. The first-order valence-corrected chi connectivity index (χ1v) is 52.9. The molecule has 0 spiro atoms. The highest BCUT2D eigenvalue weighted by Crippen LogP contribution is 2.47. The molecule has 0 unspecified atom stereocenters. The van der Waals surface area contributed by atoms with Gasteiger partial charge >= 0.3 is 0 Å². The standard InChI is InChI=1S/C18H34N4.C17H30N2.C16H33N.C15H32N2O.C15H31N.C14H29N.C13H27N/c1-18(2,3)15-17-16-22(20-19-17)14-10-5-4-7-11-21-12-8-6-9-13-21;1-16(2,3)9-7-5-6-8-12-19-14-15(13-18-19)17(4)10-11-17;1-16(2,3)12-8-5-4-6-9-13-17-14-10-7-11-15-17;1-5-6-13-18-14-7-8-16-9-11-17(12-10-16)15(2,3)4;1-15(2,3)11-7-4-5-8-12-16-13-9-6-10-14-16;1-14(2,3)10-6-4-7-11-15-12-8-5-9-13-15;1-13(2,3)9-5-8-12-14-10-6-4-7-11-14/h16H,4-15H2,1-3H3;13-14H,5-12H2,1-4H3;4-15H2,1-3H3;5-14H2,1-4H3;4-14H2,1-3H3;4-13H2,1-3H3;4-12H2,1-3H3. The summed E-state index contributed by atoms with van der Waals surface area (Å²) in [6.07, 6.45) is 72.7. The maximum absolute atomic E-state index is 5.60. The number of aromatic nitrogens is 5. The number of hydrogen-bond acceptors (Lipinski definition) is 11. The fourth-order valence-corrected chi connectivity index (χ4v) is 17.9. The number of hydrogen-bond donors (Lipinski definition) is 0. The Labute approximate surface area is 757 Å². The van der Waals surface area contributed by atoms with Gasteiger partial charge in [-0.25, -0.2) is 0 Å². The van der Waals surface area contributed by atoms with Crippen LogP contribution >= 0.6 is 0 Å². The Bertz CT molecular complexity index is 2630. The van der Waals surface area contributed by atoms with Crippen molar-refractivity contribution in [3.8, 4) is 0 Å². The highest BCUT2D eigenvalue weighted by molar-refractivity contribution is 5.25. The Balaban J connectivity index is 0.000000366. The molecule has 7 fully saturated rings. The molecule has 2 aromatic heterocycles. The van der Waals surface area contributed by atoms with E-state index in [1.807, 2.05) is 4.68 Å². The number of unbranched alkanes of at least 4 members (excludes halogenated alkanes) is 17. The molecule has 7 aliphatic rings. The number of nitrogens with zero attached hydrogens (tertiary/aromatic N) is 12. The molecule has 6 saturated heterocycles. The van der Waals surface area contributed by atoms with E-state index in [4.69, 9.17) is 4.74 Å². The van der Waals surface area contributed by atoms with Gasteiger partial charge in [-0.05, 0) is 336 Å². The highest BCUT2D eigenvalue weighted by atomic mass is 16.5. The zero-order valence-electron chi connectivity index (χ0n) is 86.4. The Morgan fingerprint density at radius 2 is 0.579 bits per heavy atom. The summed E-state index contributed by atoms with van der Waals surface area (Å²) in [7, 11) is 0. The normalized spacial score (nSPS) is 18.6. The molecular formula is C108H216N12O. The molecule has 2 aromatic rings. The average Bonchev–Trinajstić information content (AvgIpc) is 1.63. The third kappa shape index (κ3) is 67.9. The first-order valence-electron chi connectivity index (χ1n) is 52.9. The lowest BCUT2D eigenvalue weighted by atomic mass is 9.89. The van der Waals surface area contributed by atoms with Crippen LogP contribution in [-0.4, -0.2) is 209 Å². The van der Waals surface area contributed by atoms with Crippen LogP contribution in [-0.2, 0) is 29.7 Å². The molecule has 9 rings (SSSR count). The van der Waals surface area contributed by atoms with Crippen LogP contribution in [0.3, 0.4) is 0 Å². The maximum Gasteiger partial charge on any atom is 0.0832 e. The van der Waals surface area contributed by atoms with Crippen molar-refractivity contribution in [2.24, 2.45) is 32.5 Å². The summed E-state index contributed by atoms with van der Waals surface area (Å²) in [4.78, 5) is 18.4. The largest absolute Gasteiger partial charge is 0.381 e. The molecule has 0 atom stereocenters. The summed E-state index contributed by atoms with van der Waals surface area (Å²) in [5, 5.41) is 13.0. The summed E-state index contributed by atoms with van der Waals surface area (Å²) in [5.41, 5.74) is 6.28. The smallest absolute Gasteiger partial charge is 0.0832 e. The molecule has 714 valence electrons. The quantitative estimate of drug-likeness (QED) is 0.0595. The second-order valence-electron chi connectivity index (χ2n) is 47.9. The van der Waals surface area contributed by atoms with Gasteiger partial charge in [0, 0.05) is 77.0 Å². The SMILES string of the molecule is CC(C)(C)CCCCCCCN1CCCCC1.CC(C)(C)CCCCCCN1CCCCC1.CC(C)(C)CCCCCCn1cc(C2(C)CC2)cn1.CC(C)(C)CCCCCN1CCCCC1.CC(C)(C)CCCCN1CCCCC1.CC(C)(C)Cc1cn(CCCCCCN2CCCCC2)nn1.CCCCOCCCN1CCN(C(C)(C)C)CC1. The van der Waals surface area contributed by atoms with E-state index in [0.29, 0.717) is 38.0 Å². The molecule has 0 bridgehead atoms. The van der Waals surface area contributed by atoms with Gasteiger partial charge in [0.2, 0.25) is 0 Å². The molecule has 8 heterocycles. The second kappa shape index (κ2) is 64.7. The number of aryl methyl sites for hydroxylation is 2. The molecule has 13 nitrogen and oxygen atoms in total. The van der Waals surface area contributed by atoms with Crippen molar-refractivity contribution >= 4 is 0 Å². The van der Waals surface area contributed by atoms with Crippen LogP contribution in [0.15, 0.2) is 18.6 Å². The summed E-state index contributed by atoms with van der Waals surface area (Å²) in [6, 6.07) is 0. The Morgan fingerprint density at radius 1 is 0.298 bits per heavy atom. The lowest BCUT2D eigenvalue weighted by Gasteiger charge is -2.42. The molecule has 0 N–H and O–H groups in total. The van der Waals surface area contributed by atoms with Crippen molar-refractivity contribution in [1.29, 1.82) is 0 Å². The summed E-state index contributed by atoms with van der Waals surface area (Å²) < 4.78 is 9.76. The molecular weight excluding hydrogens is 1480 g/mol. The highest BCUT2D eigenvalue weighted by Gasteiger charge is 2.40. The minimum absolute atomic E-state index is 0.287. The first kappa shape index (κ1) is 113. The zero-order chi connectivity index (χ0) is 89.2. The number of piperidine rings is 5. The van der Waals surface area contributed by atoms with Gasteiger partial charge in [0.15, 0.2) is 0 Å². The van der Waals surface area contributed by atoms with Crippen molar-refractivity contribution < 1.29 is 4.74 Å². The summed E-state index contributed by atoms with van der Waals surface area (Å²) in [6.45, 7) is 83.6. The Kier molecular flexibility index (Phi) is 60.6. The predicted molar refractivity (Wildman–Crippen MR) is 533 cm³/mol. The van der Waals surface area contributed by atoms with Crippen LogP contribution in [0.1, 0.15) is 472 Å². The van der Waals surface area contributed by atoms with E-state index in [0.717, 1.165) is 38.4 Å². The van der Waals surface area contributed by atoms with Gasteiger partial charge in [-0.15, -0.1) is 5.10 Å². The lowest BCUT2D eigenvalue weighted by molar-refractivity contribution is 0.0547. The van der Waals surface area contributed by atoms with Crippen LogP contribution in [0, 0.1) is 32.5 Å². The third-order valence-electron chi connectivity index (χ3n) is 26.4. The van der Waals surface area contributed by atoms with Gasteiger partial charge < -0.3 is 34.1 Å². The third-order valence-corrected chi connectivity index (χ3v) is 26.4. The van der Waals surface area contributed by atoms with E-state index < -0.39 is 0 Å². The molecule has 0 radical (unpaired) electrons. The lowest BCUT2D eigenvalue weighted by Crippen LogP contribution is -2.53.